The summed E-state index contributed by atoms with van der Waals surface area (Å²) in [7, 11) is 0. The Balaban J connectivity index is 1.51. The molecule has 4 rings (SSSR count). The molecule has 0 saturated heterocycles. The van der Waals surface area contributed by atoms with Gasteiger partial charge in [0.1, 0.15) is 5.75 Å². The molecule has 0 aliphatic heterocycles. The SMILES string of the molecule is CCCC(c1ccc(OC(CC(c2ccccc2)c2ccccc2)OCCC2CCCCC2)cc1)C(C)C. The predicted molar refractivity (Wildman–Crippen MR) is 160 cm³/mol. The van der Waals surface area contributed by atoms with E-state index < -0.39 is 0 Å². The molecule has 0 heterocycles. The van der Waals surface area contributed by atoms with Gasteiger partial charge in [0.2, 0.25) is 6.29 Å². The fraction of sp³-hybridized carbons (Fsp3) is 0.500. The second kappa shape index (κ2) is 15.1. The Bertz CT molecular complexity index is 982. The van der Waals surface area contributed by atoms with Crippen molar-refractivity contribution in [3.05, 3.63) is 102 Å². The summed E-state index contributed by atoms with van der Waals surface area (Å²) in [4.78, 5) is 0. The molecule has 38 heavy (non-hydrogen) atoms. The quantitative estimate of drug-likeness (QED) is 0.200. The Morgan fingerprint density at radius 2 is 1.34 bits per heavy atom. The summed E-state index contributed by atoms with van der Waals surface area (Å²) < 4.78 is 13.2. The Kier molecular flexibility index (Phi) is 11.3. The van der Waals surface area contributed by atoms with Crippen LogP contribution >= 0.6 is 0 Å². The molecule has 3 aromatic carbocycles. The van der Waals surface area contributed by atoms with Gasteiger partial charge < -0.3 is 9.47 Å². The van der Waals surface area contributed by atoms with Crippen molar-refractivity contribution in [1.29, 1.82) is 0 Å². The van der Waals surface area contributed by atoms with E-state index in [1.54, 1.807) is 0 Å². The monoisotopic (exact) mass is 512 g/mol. The molecule has 204 valence electrons. The number of hydrogen-bond donors (Lipinski definition) is 0. The van der Waals surface area contributed by atoms with Gasteiger partial charge in [0, 0.05) is 12.3 Å². The summed E-state index contributed by atoms with van der Waals surface area (Å²) in [5.41, 5.74) is 4.02. The van der Waals surface area contributed by atoms with Crippen molar-refractivity contribution in [3.63, 3.8) is 0 Å². The predicted octanol–water partition coefficient (Wildman–Crippen LogP) is 10.1. The minimum absolute atomic E-state index is 0.214. The summed E-state index contributed by atoms with van der Waals surface area (Å²) in [6.07, 6.45) is 10.9. The van der Waals surface area contributed by atoms with Gasteiger partial charge in [-0.25, -0.2) is 0 Å². The van der Waals surface area contributed by atoms with Crippen LogP contribution in [0.2, 0.25) is 0 Å². The number of ether oxygens (including phenoxy) is 2. The minimum atomic E-state index is -0.300. The molecule has 0 aromatic heterocycles. The summed E-state index contributed by atoms with van der Waals surface area (Å²) in [6, 6.07) is 30.4. The molecule has 2 nitrogen and oxygen atoms in total. The maximum absolute atomic E-state index is 6.61. The van der Waals surface area contributed by atoms with Crippen LogP contribution in [0.25, 0.3) is 0 Å². The molecule has 2 heteroatoms. The van der Waals surface area contributed by atoms with Gasteiger partial charge in [0.25, 0.3) is 0 Å². The largest absolute Gasteiger partial charge is 0.465 e. The number of benzene rings is 3. The van der Waals surface area contributed by atoms with E-state index in [2.05, 4.69) is 106 Å². The Morgan fingerprint density at radius 3 is 1.89 bits per heavy atom. The van der Waals surface area contributed by atoms with Crippen molar-refractivity contribution in [2.75, 3.05) is 6.61 Å². The molecule has 0 bridgehead atoms. The van der Waals surface area contributed by atoms with Crippen molar-refractivity contribution in [2.24, 2.45) is 11.8 Å². The summed E-state index contributed by atoms with van der Waals surface area (Å²) in [5, 5.41) is 0. The fourth-order valence-corrected chi connectivity index (χ4v) is 6.16. The van der Waals surface area contributed by atoms with Gasteiger partial charge in [-0.3, -0.25) is 0 Å². The second-order valence-corrected chi connectivity index (χ2v) is 11.5. The molecular weight excluding hydrogens is 464 g/mol. The second-order valence-electron chi connectivity index (χ2n) is 11.5. The standard InChI is InChI=1S/C36H48O2/c1-4-14-34(28(2)3)32-21-23-33(24-22-32)38-36(37-26-25-29-15-8-5-9-16-29)27-35(30-17-10-6-11-18-30)31-19-12-7-13-20-31/h6-7,10-13,17-24,28-29,34-36H,4-5,8-9,14-16,25-27H2,1-3H3. The maximum Gasteiger partial charge on any atom is 0.200 e. The van der Waals surface area contributed by atoms with E-state index >= 15 is 0 Å². The van der Waals surface area contributed by atoms with Gasteiger partial charge in [-0.2, -0.15) is 0 Å². The Labute approximate surface area is 231 Å². The van der Waals surface area contributed by atoms with E-state index in [4.69, 9.17) is 9.47 Å². The molecule has 1 aliphatic rings. The van der Waals surface area contributed by atoms with E-state index in [1.165, 1.54) is 61.6 Å². The minimum Gasteiger partial charge on any atom is -0.465 e. The van der Waals surface area contributed by atoms with Gasteiger partial charge >= 0.3 is 0 Å². The zero-order chi connectivity index (χ0) is 26.6. The van der Waals surface area contributed by atoms with E-state index in [0.717, 1.165) is 31.1 Å². The molecule has 0 N–H and O–H groups in total. The smallest absolute Gasteiger partial charge is 0.200 e. The molecule has 2 unspecified atom stereocenters. The first-order chi connectivity index (χ1) is 18.6. The van der Waals surface area contributed by atoms with Gasteiger partial charge in [-0.1, -0.05) is 132 Å². The summed E-state index contributed by atoms with van der Waals surface area (Å²) in [5.74, 6) is 3.14. The van der Waals surface area contributed by atoms with Crippen LogP contribution < -0.4 is 4.74 Å². The lowest BCUT2D eigenvalue weighted by molar-refractivity contribution is -0.0904. The lowest BCUT2D eigenvalue weighted by Crippen LogP contribution is -2.25. The first-order valence-electron chi connectivity index (χ1n) is 15.1. The van der Waals surface area contributed by atoms with Crippen molar-refractivity contribution in [1.82, 2.24) is 0 Å². The molecule has 2 atom stereocenters. The zero-order valence-corrected chi connectivity index (χ0v) is 23.9. The highest BCUT2D eigenvalue weighted by molar-refractivity contribution is 5.33. The van der Waals surface area contributed by atoms with Crippen LogP contribution in [0.5, 0.6) is 5.75 Å². The Morgan fingerprint density at radius 1 is 0.737 bits per heavy atom. The first-order valence-corrected chi connectivity index (χ1v) is 15.1. The molecule has 0 spiro atoms. The number of rotatable bonds is 14. The van der Waals surface area contributed by atoms with Crippen LogP contribution in [0.1, 0.15) is 107 Å². The van der Waals surface area contributed by atoms with Crippen LogP contribution in [0.15, 0.2) is 84.9 Å². The zero-order valence-electron chi connectivity index (χ0n) is 23.9. The highest BCUT2D eigenvalue weighted by Crippen LogP contribution is 2.33. The van der Waals surface area contributed by atoms with Gasteiger partial charge in [0.05, 0.1) is 6.61 Å². The molecule has 3 aromatic rings. The number of hydrogen-bond acceptors (Lipinski definition) is 2. The molecule has 0 radical (unpaired) electrons. The summed E-state index contributed by atoms with van der Waals surface area (Å²) >= 11 is 0. The van der Waals surface area contributed by atoms with Crippen LogP contribution in [0.4, 0.5) is 0 Å². The van der Waals surface area contributed by atoms with Crippen LogP contribution in [-0.2, 0) is 4.74 Å². The molecular formula is C36H48O2. The first kappa shape index (κ1) is 28.4. The van der Waals surface area contributed by atoms with E-state index in [1.807, 2.05) is 0 Å². The average Bonchev–Trinajstić information content (AvgIpc) is 2.96. The third-order valence-electron chi connectivity index (χ3n) is 8.37. The van der Waals surface area contributed by atoms with Crippen LogP contribution in [0, 0.1) is 11.8 Å². The highest BCUT2D eigenvalue weighted by Gasteiger charge is 2.23. The van der Waals surface area contributed by atoms with Crippen molar-refractivity contribution in [3.8, 4) is 5.75 Å². The van der Waals surface area contributed by atoms with Crippen molar-refractivity contribution in [2.45, 2.75) is 96.7 Å². The fourth-order valence-electron chi connectivity index (χ4n) is 6.16. The lowest BCUT2D eigenvalue weighted by atomic mass is 9.85. The molecule has 0 amide bonds. The third-order valence-corrected chi connectivity index (χ3v) is 8.37. The lowest BCUT2D eigenvalue weighted by Gasteiger charge is -2.27. The topological polar surface area (TPSA) is 18.5 Å². The van der Waals surface area contributed by atoms with Gasteiger partial charge in [-0.15, -0.1) is 0 Å². The third kappa shape index (κ3) is 8.46. The van der Waals surface area contributed by atoms with Crippen molar-refractivity contribution < 1.29 is 9.47 Å². The maximum atomic E-state index is 6.61. The van der Waals surface area contributed by atoms with Crippen LogP contribution in [0.3, 0.4) is 0 Å². The normalized spacial score (nSPS) is 16.0. The molecule has 1 aliphatic carbocycles. The van der Waals surface area contributed by atoms with Crippen LogP contribution in [-0.4, -0.2) is 12.9 Å². The van der Waals surface area contributed by atoms with E-state index in [-0.39, 0.29) is 12.2 Å². The van der Waals surface area contributed by atoms with E-state index in [9.17, 15) is 0 Å². The van der Waals surface area contributed by atoms with Gasteiger partial charge in [-0.05, 0) is 59.4 Å². The van der Waals surface area contributed by atoms with Crippen molar-refractivity contribution >= 4 is 0 Å². The molecule has 1 fully saturated rings. The average molecular weight is 513 g/mol. The van der Waals surface area contributed by atoms with E-state index in [0.29, 0.717) is 11.8 Å². The highest BCUT2D eigenvalue weighted by atomic mass is 16.7. The Hall–Kier alpha value is -2.58. The molecule has 1 saturated carbocycles. The van der Waals surface area contributed by atoms with Gasteiger partial charge in [0.15, 0.2) is 0 Å². The summed E-state index contributed by atoms with van der Waals surface area (Å²) in [6.45, 7) is 7.69.